The Labute approximate surface area is 212 Å². The number of ether oxygens (including phenoxy) is 1. The highest BCUT2D eigenvalue weighted by Crippen LogP contribution is 2.52. The highest BCUT2D eigenvalue weighted by Gasteiger charge is 2.65. The summed E-state index contributed by atoms with van der Waals surface area (Å²) in [6.45, 7) is 0.505. The van der Waals surface area contributed by atoms with Gasteiger partial charge in [0, 0.05) is 12.5 Å². The minimum Gasteiger partial charge on any atom is -0.448 e. The van der Waals surface area contributed by atoms with Crippen molar-refractivity contribution in [1.29, 1.82) is 0 Å². The van der Waals surface area contributed by atoms with Crippen LogP contribution in [0.25, 0.3) is 11.1 Å². The van der Waals surface area contributed by atoms with E-state index in [1.54, 1.807) is 12.1 Å². The number of hydrogen-bond acceptors (Lipinski definition) is 6. The third-order valence-corrected chi connectivity index (χ3v) is 8.08. The lowest BCUT2D eigenvalue weighted by atomic mass is 9.73. The molecule has 3 heterocycles. The summed E-state index contributed by atoms with van der Waals surface area (Å²) in [7, 11) is 0. The minimum atomic E-state index is -1.23. The van der Waals surface area contributed by atoms with Gasteiger partial charge in [0.25, 0.3) is 11.8 Å². The summed E-state index contributed by atoms with van der Waals surface area (Å²) >= 11 is 0. The summed E-state index contributed by atoms with van der Waals surface area (Å²) in [5, 5.41) is 0.503. The van der Waals surface area contributed by atoms with Gasteiger partial charge >= 0.3 is 12.1 Å². The highest BCUT2D eigenvalue weighted by molar-refractivity contribution is 6.21. The summed E-state index contributed by atoms with van der Waals surface area (Å²) in [5.74, 6) is -2.12. The molecular weight excluding hydrogens is 472 g/mol. The van der Waals surface area contributed by atoms with Crippen LogP contribution in [0.3, 0.4) is 0 Å². The van der Waals surface area contributed by atoms with Gasteiger partial charge in [0.2, 0.25) is 0 Å². The third kappa shape index (κ3) is 3.02. The van der Waals surface area contributed by atoms with Gasteiger partial charge in [-0.2, -0.15) is 0 Å². The number of hydroxylamine groups is 2. The average molecular weight is 495 g/mol. The van der Waals surface area contributed by atoms with E-state index in [0.29, 0.717) is 24.4 Å². The third-order valence-electron chi connectivity index (χ3n) is 8.08. The molecule has 8 nitrogen and oxygen atoms in total. The van der Waals surface area contributed by atoms with E-state index in [1.807, 2.05) is 36.4 Å². The van der Waals surface area contributed by atoms with Crippen molar-refractivity contribution in [3.8, 4) is 11.1 Å². The molecular formula is C29H22N2O6. The molecule has 3 aromatic carbocycles. The molecule has 0 aromatic heterocycles. The Morgan fingerprint density at radius 3 is 1.86 bits per heavy atom. The normalized spacial score (nSPS) is 22.9. The van der Waals surface area contributed by atoms with Crippen molar-refractivity contribution in [3.63, 3.8) is 0 Å². The fourth-order valence-corrected chi connectivity index (χ4v) is 6.29. The quantitative estimate of drug-likeness (QED) is 0.506. The number of imide groups is 1. The lowest BCUT2D eigenvalue weighted by Crippen LogP contribution is -2.57. The van der Waals surface area contributed by atoms with Crippen LogP contribution >= 0.6 is 0 Å². The van der Waals surface area contributed by atoms with Crippen LogP contribution in [0.5, 0.6) is 0 Å². The summed E-state index contributed by atoms with van der Waals surface area (Å²) < 4.78 is 5.79. The molecule has 3 aliphatic heterocycles. The molecule has 0 atom stereocenters. The van der Waals surface area contributed by atoms with Gasteiger partial charge in [0.15, 0.2) is 0 Å². The van der Waals surface area contributed by atoms with E-state index in [4.69, 9.17) is 9.57 Å². The molecule has 3 aromatic rings. The Kier molecular flexibility index (Phi) is 4.58. The molecule has 0 unspecified atom stereocenters. The van der Waals surface area contributed by atoms with Crippen LogP contribution in [0.4, 0.5) is 4.79 Å². The molecule has 37 heavy (non-hydrogen) atoms. The zero-order valence-electron chi connectivity index (χ0n) is 19.8. The maximum atomic E-state index is 13.3. The first-order valence-corrected chi connectivity index (χ1v) is 12.3. The van der Waals surface area contributed by atoms with Gasteiger partial charge in [-0.25, -0.2) is 9.59 Å². The first-order valence-electron chi connectivity index (χ1n) is 12.3. The van der Waals surface area contributed by atoms with Crippen molar-refractivity contribution in [2.75, 3.05) is 13.2 Å². The lowest BCUT2D eigenvalue weighted by molar-refractivity contribution is -0.183. The number of carbonyl (C=O) groups excluding carboxylic acids is 4. The van der Waals surface area contributed by atoms with Crippen molar-refractivity contribution >= 4 is 23.9 Å². The summed E-state index contributed by atoms with van der Waals surface area (Å²) in [6.07, 6.45) is 0.236. The van der Waals surface area contributed by atoms with Crippen molar-refractivity contribution < 1.29 is 28.8 Å². The smallest absolute Gasteiger partial charge is 0.410 e. The number of fused-ring (bicyclic) bond motifs is 5. The first kappa shape index (κ1) is 21.8. The molecule has 3 amide bonds. The molecule has 5 aliphatic rings. The van der Waals surface area contributed by atoms with Crippen molar-refractivity contribution in [3.05, 3.63) is 95.1 Å². The Morgan fingerprint density at radius 1 is 0.784 bits per heavy atom. The van der Waals surface area contributed by atoms with Gasteiger partial charge < -0.3 is 9.57 Å². The second-order valence-corrected chi connectivity index (χ2v) is 10.0. The lowest BCUT2D eigenvalue weighted by Gasteiger charge is -2.39. The molecule has 184 valence electrons. The summed E-state index contributed by atoms with van der Waals surface area (Å²) in [5.41, 5.74) is 3.59. The van der Waals surface area contributed by atoms with E-state index < -0.39 is 29.4 Å². The predicted molar refractivity (Wildman–Crippen MR) is 130 cm³/mol. The van der Waals surface area contributed by atoms with Gasteiger partial charge in [-0.05, 0) is 53.1 Å². The standard InChI is InChI=1S/C29H22N2O6/c32-25-22-11-5-6-12-23(22)26(33)31(25)37-27(34)29-13-17(14-29)15-30(29)28(35)36-16-24-20-9-3-1-7-18(20)19-8-2-4-10-21(19)24/h1-12,17,24H,13-16H2. The van der Waals surface area contributed by atoms with Crippen LogP contribution < -0.4 is 0 Å². The van der Waals surface area contributed by atoms with E-state index in [2.05, 4.69) is 12.1 Å². The van der Waals surface area contributed by atoms with Crippen molar-refractivity contribution in [2.24, 2.45) is 5.92 Å². The van der Waals surface area contributed by atoms with Crippen molar-refractivity contribution in [1.82, 2.24) is 9.96 Å². The number of rotatable bonds is 4. The summed E-state index contributed by atoms with van der Waals surface area (Å²) in [6, 6.07) is 22.4. The van der Waals surface area contributed by atoms with Crippen LogP contribution in [0, 0.1) is 5.92 Å². The SMILES string of the molecule is O=C1c2ccccc2C(=O)N1OC(=O)C12CC(CN1C(=O)OCC1c3ccccc3-c3ccccc31)C2. The van der Waals surface area contributed by atoms with Crippen LogP contribution in [0.15, 0.2) is 72.8 Å². The second-order valence-electron chi connectivity index (χ2n) is 10.0. The van der Waals surface area contributed by atoms with E-state index in [9.17, 15) is 19.2 Å². The average Bonchev–Trinajstić information content (AvgIpc) is 3.63. The fourth-order valence-electron chi connectivity index (χ4n) is 6.29. The zero-order chi connectivity index (χ0) is 25.3. The van der Waals surface area contributed by atoms with Gasteiger partial charge in [-0.3, -0.25) is 14.5 Å². The van der Waals surface area contributed by atoms with E-state index in [-0.39, 0.29) is 29.6 Å². The van der Waals surface area contributed by atoms with Gasteiger partial charge in [-0.15, -0.1) is 0 Å². The number of amides is 3. The molecule has 2 bridgehead atoms. The molecule has 2 aliphatic carbocycles. The maximum Gasteiger partial charge on any atom is 0.410 e. The Bertz CT molecular complexity index is 1430. The minimum absolute atomic E-state index is 0.102. The number of hydrogen-bond donors (Lipinski definition) is 0. The van der Waals surface area contributed by atoms with Gasteiger partial charge in [0.1, 0.15) is 12.1 Å². The van der Waals surface area contributed by atoms with Crippen LogP contribution in [0.2, 0.25) is 0 Å². The highest BCUT2D eigenvalue weighted by atomic mass is 16.7. The first-order chi connectivity index (χ1) is 18.0. The molecule has 2 saturated heterocycles. The number of benzene rings is 3. The second kappa shape index (κ2) is 7.77. The molecule has 8 heteroatoms. The molecule has 0 radical (unpaired) electrons. The number of carbonyl (C=O) groups is 4. The predicted octanol–water partition coefficient (Wildman–Crippen LogP) is 4.15. The Morgan fingerprint density at radius 2 is 1.30 bits per heavy atom. The zero-order valence-corrected chi connectivity index (χ0v) is 19.8. The molecule has 1 saturated carbocycles. The maximum absolute atomic E-state index is 13.3. The Hall–Kier alpha value is -4.46. The molecule has 3 fully saturated rings. The van der Waals surface area contributed by atoms with Crippen LogP contribution in [-0.4, -0.2) is 52.5 Å². The van der Waals surface area contributed by atoms with Crippen LogP contribution in [-0.2, 0) is 14.4 Å². The summed E-state index contributed by atoms with van der Waals surface area (Å²) in [4.78, 5) is 58.6. The van der Waals surface area contributed by atoms with Crippen LogP contribution in [0.1, 0.15) is 50.6 Å². The molecule has 8 rings (SSSR count). The van der Waals surface area contributed by atoms with E-state index in [0.717, 1.165) is 22.3 Å². The van der Waals surface area contributed by atoms with Gasteiger partial charge in [0.05, 0.1) is 11.1 Å². The monoisotopic (exact) mass is 494 g/mol. The molecule has 0 N–H and O–H groups in total. The largest absolute Gasteiger partial charge is 0.448 e. The van der Waals surface area contributed by atoms with E-state index >= 15 is 0 Å². The number of nitrogens with zero attached hydrogens (tertiary/aromatic N) is 2. The fraction of sp³-hybridized carbons (Fsp3) is 0.241. The van der Waals surface area contributed by atoms with Gasteiger partial charge in [-0.1, -0.05) is 65.7 Å². The van der Waals surface area contributed by atoms with E-state index in [1.165, 1.54) is 17.0 Å². The molecule has 0 spiro atoms. The topological polar surface area (TPSA) is 93.2 Å². The van der Waals surface area contributed by atoms with Crippen molar-refractivity contribution in [2.45, 2.75) is 24.3 Å². The Balaban J connectivity index is 1.08.